The molecule has 1 aliphatic carbocycles. The monoisotopic (exact) mass is 319 g/mol. The Kier molecular flexibility index (Phi) is 4.66. The molecule has 0 radical (unpaired) electrons. The van der Waals surface area contributed by atoms with Gasteiger partial charge >= 0.3 is 0 Å². The van der Waals surface area contributed by atoms with E-state index in [1.165, 1.54) is 31.0 Å². The first-order valence-electron chi connectivity index (χ1n) is 7.84. The van der Waals surface area contributed by atoms with Gasteiger partial charge in [0.2, 0.25) is 11.8 Å². The number of hydrogen-bond acceptors (Lipinski definition) is 4. The molecule has 118 valence electrons. The van der Waals surface area contributed by atoms with Gasteiger partial charge in [-0.2, -0.15) is 0 Å². The van der Waals surface area contributed by atoms with Gasteiger partial charge in [-0.3, -0.25) is 9.59 Å². The number of hydrogen-bond donors (Lipinski definition) is 1. The van der Waals surface area contributed by atoms with Crippen molar-refractivity contribution in [1.29, 1.82) is 0 Å². The third-order valence-corrected chi connectivity index (χ3v) is 5.50. The summed E-state index contributed by atoms with van der Waals surface area (Å²) in [6, 6.07) is 3.98. The van der Waals surface area contributed by atoms with Crippen molar-refractivity contribution in [2.24, 2.45) is 0 Å². The Morgan fingerprint density at radius 1 is 1.41 bits per heavy atom. The Morgan fingerprint density at radius 2 is 2.18 bits per heavy atom. The second kappa shape index (κ2) is 6.69. The Labute approximate surface area is 134 Å². The van der Waals surface area contributed by atoms with Gasteiger partial charge < -0.3 is 10.2 Å². The molecule has 22 heavy (non-hydrogen) atoms. The van der Waals surface area contributed by atoms with E-state index >= 15 is 0 Å². The zero-order valence-corrected chi connectivity index (χ0v) is 13.6. The molecule has 6 heteroatoms. The molecule has 1 N–H and O–H groups in total. The van der Waals surface area contributed by atoms with Crippen molar-refractivity contribution in [1.82, 2.24) is 10.3 Å². The lowest BCUT2D eigenvalue weighted by molar-refractivity contribution is -0.125. The maximum Gasteiger partial charge on any atom is 0.240 e. The van der Waals surface area contributed by atoms with Gasteiger partial charge in [0, 0.05) is 25.7 Å². The van der Waals surface area contributed by atoms with Crippen LogP contribution < -0.4 is 10.2 Å². The van der Waals surface area contributed by atoms with Crippen molar-refractivity contribution in [3.05, 3.63) is 18.3 Å². The second-order valence-electron chi connectivity index (χ2n) is 5.94. The minimum atomic E-state index is -0.379. The second-order valence-corrected chi connectivity index (χ2v) is 7.13. The lowest BCUT2D eigenvalue weighted by Gasteiger charge is -2.30. The molecule has 1 aromatic heterocycles. The number of amides is 2. The van der Waals surface area contributed by atoms with Gasteiger partial charge in [0.05, 0.1) is 10.9 Å². The molecule has 1 atom stereocenters. The molecule has 1 aliphatic heterocycles. The van der Waals surface area contributed by atoms with Gasteiger partial charge in [0.25, 0.3) is 0 Å². The van der Waals surface area contributed by atoms with Crippen molar-refractivity contribution in [3.63, 3.8) is 0 Å². The SMILES string of the molecule is CN1C(=O)[C@@H](CC(=O)NC2CCCCC2)Sc2ncccc21. The maximum atomic E-state index is 12.4. The summed E-state index contributed by atoms with van der Waals surface area (Å²) < 4.78 is 0. The number of thioether (sulfide) groups is 1. The van der Waals surface area contributed by atoms with Crippen LogP contribution in [0.25, 0.3) is 0 Å². The van der Waals surface area contributed by atoms with Gasteiger partial charge in [-0.1, -0.05) is 31.0 Å². The van der Waals surface area contributed by atoms with E-state index in [1.54, 1.807) is 18.1 Å². The first-order chi connectivity index (χ1) is 10.6. The van der Waals surface area contributed by atoms with Crippen LogP contribution >= 0.6 is 11.8 Å². The van der Waals surface area contributed by atoms with Crippen LogP contribution in [0.3, 0.4) is 0 Å². The third kappa shape index (κ3) is 3.27. The molecule has 0 spiro atoms. The van der Waals surface area contributed by atoms with Gasteiger partial charge in [0.1, 0.15) is 5.03 Å². The molecular weight excluding hydrogens is 298 g/mol. The number of carbonyl (C=O) groups is 2. The zero-order valence-electron chi connectivity index (χ0n) is 12.7. The number of fused-ring (bicyclic) bond motifs is 1. The van der Waals surface area contributed by atoms with E-state index in [0.29, 0.717) is 0 Å². The maximum absolute atomic E-state index is 12.4. The van der Waals surface area contributed by atoms with Crippen LogP contribution in [0, 0.1) is 0 Å². The Balaban J connectivity index is 1.63. The molecule has 1 aromatic rings. The molecular formula is C16H21N3O2S. The summed E-state index contributed by atoms with van der Waals surface area (Å²) in [7, 11) is 1.74. The molecule has 2 amide bonds. The smallest absolute Gasteiger partial charge is 0.240 e. The molecule has 1 saturated carbocycles. The summed E-state index contributed by atoms with van der Waals surface area (Å²) in [6.45, 7) is 0. The number of pyridine rings is 1. The number of nitrogens with one attached hydrogen (secondary N) is 1. The number of aromatic nitrogens is 1. The van der Waals surface area contributed by atoms with Crippen LogP contribution in [0.15, 0.2) is 23.4 Å². The number of anilines is 1. The first-order valence-corrected chi connectivity index (χ1v) is 8.71. The summed E-state index contributed by atoms with van der Waals surface area (Å²) in [4.78, 5) is 30.6. The Bertz CT molecular complexity index is 572. The molecule has 0 bridgehead atoms. The predicted octanol–water partition coefficient (Wildman–Crippen LogP) is 2.36. The summed E-state index contributed by atoms with van der Waals surface area (Å²) in [5, 5.41) is 3.52. The van der Waals surface area contributed by atoms with Crippen molar-refractivity contribution >= 4 is 29.3 Å². The Morgan fingerprint density at radius 3 is 2.95 bits per heavy atom. The highest BCUT2D eigenvalue weighted by molar-refractivity contribution is 8.00. The van der Waals surface area contributed by atoms with Crippen LogP contribution in [0.1, 0.15) is 38.5 Å². The van der Waals surface area contributed by atoms with Crippen LogP contribution in [0.2, 0.25) is 0 Å². The molecule has 0 unspecified atom stereocenters. The number of carbonyl (C=O) groups excluding carboxylic acids is 2. The van der Waals surface area contributed by atoms with Crippen molar-refractivity contribution < 1.29 is 9.59 Å². The van der Waals surface area contributed by atoms with Crippen LogP contribution in [-0.4, -0.2) is 35.1 Å². The molecule has 0 saturated heterocycles. The van der Waals surface area contributed by atoms with Gasteiger partial charge in [-0.05, 0) is 25.0 Å². The Hall–Kier alpha value is -1.56. The highest BCUT2D eigenvalue weighted by Gasteiger charge is 2.34. The first kappa shape index (κ1) is 15.3. The average Bonchev–Trinajstić information content (AvgIpc) is 2.53. The fourth-order valence-corrected chi connectivity index (χ4v) is 4.29. The van der Waals surface area contributed by atoms with Crippen LogP contribution in [0.5, 0.6) is 0 Å². The number of rotatable bonds is 3. The van der Waals surface area contributed by atoms with Crippen LogP contribution in [0.4, 0.5) is 5.69 Å². The zero-order chi connectivity index (χ0) is 15.5. The average molecular weight is 319 g/mol. The molecule has 3 rings (SSSR count). The third-order valence-electron chi connectivity index (χ3n) is 4.31. The van der Waals surface area contributed by atoms with Crippen molar-refractivity contribution in [2.75, 3.05) is 11.9 Å². The van der Waals surface area contributed by atoms with Gasteiger partial charge in [-0.15, -0.1) is 0 Å². The fourth-order valence-electron chi connectivity index (χ4n) is 3.08. The fraction of sp³-hybridized carbons (Fsp3) is 0.562. The topological polar surface area (TPSA) is 62.3 Å². The quantitative estimate of drug-likeness (QED) is 0.929. The van der Waals surface area contributed by atoms with Gasteiger partial charge in [0.15, 0.2) is 0 Å². The van der Waals surface area contributed by atoms with Crippen LogP contribution in [-0.2, 0) is 9.59 Å². The van der Waals surface area contributed by atoms with Crippen molar-refractivity contribution in [2.45, 2.75) is 54.8 Å². The van der Waals surface area contributed by atoms with E-state index in [0.717, 1.165) is 23.6 Å². The number of nitrogens with zero attached hydrogens (tertiary/aromatic N) is 2. The van der Waals surface area contributed by atoms with E-state index < -0.39 is 0 Å². The highest BCUT2D eigenvalue weighted by Crippen LogP contribution is 2.37. The molecule has 2 aliphatic rings. The van der Waals surface area contributed by atoms with E-state index in [1.807, 2.05) is 12.1 Å². The van der Waals surface area contributed by atoms with Gasteiger partial charge in [-0.25, -0.2) is 4.98 Å². The van der Waals surface area contributed by atoms with E-state index in [2.05, 4.69) is 10.3 Å². The summed E-state index contributed by atoms with van der Waals surface area (Å²) in [5.74, 6) is -0.0465. The molecule has 2 heterocycles. The lowest BCUT2D eigenvalue weighted by Crippen LogP contribution is -2.43. The molecule has 0 aromatic carbocycles. The summed E-state index contributed by atoms with van der Waals surface area (Å²) in [5.41, 5.74) is 0.821. The normalized spacial score (nSPS) is 22.3. The molecule has 1 fully saturated rings. The minimum Gasteiger partial charge on any atom is -0.353 e. The largest absolute Gasteiger partial charge is 0.353 e. The highest BCUT2D eigenvalue weighted by atomic mass is 32.2. The lowest BCUT2D eigenvalue weighted by atomic mass is 9.95. The minimum absolute atomic E-state index is 0.0227. The summed E-state index contributed by atoms with van der Waals surface area (Å²) in [6.07, 6.45) is 7.68. The van der Waals surface area contributed by atoms with E-state index in [-0.39, 0.29) is 29.5 Å². The summed E-state index contributed by atoms with van der Waals surface area (Å²) >= 11 is 1.40. The predicted molar refractivity (Wildman–Crippen MR) is 86.9 cm³/mol. The van der Waals surface area contributed by atoms with Crippen molar-refractivity contribution in [3.8, 4) is 0 Å². The van der Waals surface area contributed by atoms with E-state index in [4.69, 9.17) is 0 Å². The molecule has 5 nitrogen and oxygen atoms in total. The van der Waals surface area contributed by atoms with E-state index in [9.17, 15) is 9.59 Å². The standard InChI is InChI=1S/C16H21N3O2S/c1-19-12-8-5-9-17-15(12)22-13(16(19)21)10-14(20)18-11-6-3-2-4-7-11/h5,8-9,11,13H,2-4,6-7,10H2,1H3,(H,18,20)/t13-/m1/s1.